The number of ether oxygens (including phenoxy) is 1. The number of hydrogen-bond acceptors (Lipinski definition) is 4. The van der Waals surface area contributed by atoms with E-state index in [9.17, 15) is 27.2 Å². The molecule has 0 bridgehead atoms. The van der Waals surface area contributed by atoms with Gasteiger partial charge in [0.15, 0.2) is 0 Å². The van der Waals surface area contributed by atoms with Gasteiger partial charge in [-0.15, -0.1) is 13.2 Å². The van der Waals surface area contributed by atoms with E-state index in [4.69, 9.17) is 0 Å². The molecule has 2 amide bonds. The number of halogens is 4. The third kappa shape index (κ3) is 4.43. The number of imide groups is 1. The number of carbonyl (C=O) groups is 2. The Labute approximate surface area is 186 Å². The molecule has 3 aromatic carbocycles. The molecule has 0 atom stereocenters. The molecular weight excluding hydrogens is 440 g/mol. The predicted molar refractivity (Wildman–Crippen MR) is 114 cm³/mol. The van der Waals surface area contributed by atoms with Gasteiger partial charge in [-0.25, -0.2) is 9.29 Å². The molecule has 0 saturated heterocycles. The number of amides is 2. The third-order valence-corrected chi connectivity index (χ3v) is 5.00. The Bertz CT molecular complexity index is 1220. The van der Waals surface area contributed by atoms with Crippen LogP contribution in [-0.4, -0.2) is 25.2 Å². The summed E-state index contributed by atoms with van der Waals surface area (Å²) in [4.78, 5) is 29.2. The fourth-order valence-corrected chi connectivity index (χ4v) is 3.52. The summed E-state index contributed by atoms with van der Waals surface area (Å²) >= 11 is 0. The maximum atomic E-state index is 13.5. The minimum Gasteiger partial charge on any atom is -0.406 e. The molecule has 1 heterocycles. The highest BCUT2D eigenvalue weighted by molar-refractivity contribution is 6.46. The van der Waals surface area contributed by atoms with E-state index < -0.39 is 29.7 Å². The maximum absolute atomic E-state index is 13.5. The quantitative estimate of drug-likeness (QED) is 0.394. The van der Waals surface area contributed by atoms with Gasteiger partial charge in [-0.1, -0.05) is 30.3 Å². The summed E-state index contributed by atoms with van der Waals surface area (Å²) in [5, 5.41) is 0. The predicted octanol–water partition coefficient (Wildman–Crippen LogP) is 5.15. The lowest BCUT2D eigenvalue weighted by Gasteiger charge is -2.21. The fourth-order valence-electron chi connectivity index (χ4n) is 3.52. The van der Waals surface area contributed by atoms with Crippen LogP contribution in [0, 0.1) is 5.82 Å². The van der Waals surface area contributed by atoms with Crippen molar-refractivity contribution in [1.82, 2.24) is 0 Å². The van der Waals surface area contributed by atoms with Crippen molar-refractivity contribution < 1.29 is 31.9 Å². The van der Waals surface area contributed by atoms with Crippen LogP contribution in [0.1, 0.15) is 5.56 Å². The standard InChI is InChI=1S/C24H16F4N2O3/c1-29(17-5-3-2-4-6-17)21-20(15-7-9-16(25)10-8-15)22(31)30(23(21)32)18-11-13-19(14-12-18)33-24(26,27)28/h2-14H,1H3. The first kappa shape index (κ1) is 22.1. The minimum absolute atomic E-state index is 0.0435. The SMILES string of the molecule is CN(C1=C(c2ccc(F)cc2)C(=O)N(c2ccc(OC(F)(F)F)cc2)C1=O)c1ccccc1. The lowest BCUT2D eigenvalue weighted by molar-refractivity contribution is -0.274. The van der Waals surface area contributed by atoms with Crippen molar-refractivity contribution in [3.8, 4) is 5.75 Å². The summed E-state index contributed by atoms with van der Waals surface area (Å²) in [6, 6.07) is 18.3. The number of para-hydroxylation sites is 1. The van der Waals surface area contributed by atoms with E-state index in [1.807, 2.05) is 0 Å². The molecule has 1 aliphatic heterocycles. The van der Waals surface area contributed by atoms with E-state index in [0.717, 1.165) is 17.0 Å². The lowest BCUT2D eigenvalue weighted by atomic mass is 10.0. The molecule has 168 valence electrons. The molecule has 0 radical (unpaired) electrons. The number of likely N-dealkylation sites (N-methyl/N-ethyl adjacent to an activating group) is 1. The number of hydrogen-bond donors (Lipinski definition) is 0. The van der Waals surface area contributed by atoms with Gasteiger partial charge in [-0.05, 0) is 54.1 Å². The van der Waals surface area contributed by atoms with E-state index in [1.54, 1.807) is 42.3 Å². The van der Waals surface area contributed by atoms with Crippen LogP contribution in [0.15, 0.2) is 84.6 Å². The first-order chi connectivity index (χ1) is 15.7. The molecule has 9 heteroatoms. The van der Waals surface area contributed by atoms with Gasteiger partial charge in [-0.2, -0.15) is 0 Å². The molecule has 0 aliphatic carbocycles. The minimum atomic E-state index is -4.87. The number of benzene rings is 3. The highest BCUT2D eigenvalue weighted by atomic mass is 19.4. The van der Waals surface area contributed by atoms with Crippen LogP contribution >= 0.6 is 0 Å². The Morgan fingerprint density at radius 1 is 0.818 bits per heavy atom. The lowest BCUT2D eigenvalue weighted by Crippen LogP contribution is -2.34. The molecule has 5 nitrogen and oxygen atoms in total. The molecule has 0 N–H and O–H groups in total. The van der Waals surface area contributed by atoms with E-state index >= 15 is 0 Å². The Morgan fingerprint density at radius 2 is 1.42 bits per heavy atom. The molecular formula is C24H16F4N2O3. The van der Waals surface area contributed by atoms with Crippen LogP contribution in [-0.2, 0) is 9.59 Å². The molecule has 4 rings (SSSR count). The highest BCUT2D eigenvalue weighted by Gasteiger charge is 2.42. The van der Waals surface area contributed by atoms with E-state index in [0.29, 0.717) is 11.3 Å². The molecule has 33 heavy (non-hydrogen) atoms. The van der Waals surface area contributed by atoms with Crippen LogP contribution in [0.4, 0.5) is 28.9 Å². The van der Waals surface area contributed by atoms with Crippen LogP contribution in [0.3, 0.4) is 0 Å². The van der Waals surface area contributed by atoms with Gasteiger partial charge >= 0.3 is 6.36 Å². The molecule has 1 aliphatic rings. The second kappa shape index (κ2) is 8.42. The van der Waals surface area contributed by atoms with Crippen LogP contribution < -0.4 is 14.5 Å². The van der Waals surface area contributed by atoms with Crippen molar-refractivity contribution in [2.24, 2.45) is 0 Å². The van der Waals surface area contributed by atoms with E-state index in [1.165, 1.54) is 36.4 Å². The Balaban J connectivity index is 1.77. The van der Waals surface area contributed by atoms with Crippen molar-refractivity contribution in [2.75, 3.05) is 16.8 Å². The maximum Gasteiger partial charge on any atom is 0.573 e. The summed E-state index contributed by atoms with van der Waals surface area (Å²) in [6.45, 7) is 0. The average Bonchev–Trinajstić information content (AvgIpc) is 3.04. The Morgan fingerprint density at radius 3 is 2.00 bits per heavy atom. The molecule has 3 aromatic rings. The number of anilines is 2. The van der Waals surface area contributed by atoms with Crippen LogP contribution in [0.5, 0.6) is 5.75 Å². The number of nitrogens with zero attached hydrogens (tertiary/aromatic N) is 2. The molecule has 0 aromatic heterocycles. The Hall–Kier alpha value is -4.14. The first-order valence-electron chi connectivity index (χ1n) is 9.69. The zero-order valence-electron chi connectivity index (χ0n) is 17.1. The van der Waals surface area contributed by atoms with Gasteiger partial charge in [0.1, 0.15) is 17.3 Å². The summed E-state index contributed by atoms with van der Waals surface area (Å²) < 4.78 is 54.7. The summed E-state index contributed by atoms with van der Waals surface area (Å²) in [7, 11) is 1.61. The normalized spacial score (nSPS) is 14.2. The monoisotopic (exact) mass is 456 g/mol. The fraction of sp³-hybridized carbons (Fsp3) is 0.0833. The second-order valence-corrected chi connectivity index (χ2v) is 7.11. The van der Waals surface area contributed by atoms with Crippen molar-refractivity contribution in [2.45, 2.75) is 6.36 Å². The zero-order valence-corrected chi connectivity index (χ0v) is 17.1. The largest absolute Gasteiger partial charge is 0.573 e. The van der Waals surface area contributed by atoms with Gasteiger partial charge in [0, 0.05) is 12.7 Å². The number of rotatable bonds is 5. The van der Waals surface area contributed by atoms with Gasteiger partial charge in [0.2, 0.25) is 0 Å². The van der Waals surface area contributed by atoms with Crippen molar-refractivity contribution in [3.63, 3.8) is 0 Å². The van der Waals surface area contributed by atoms with Crippen molar-refractivity contribution >= 4 is 28.8 Å². The molecule has 0 saturated carbocycles. The second-order valence-electron chi connectivity index (χ2n) is 7.11. The number of alkyl halides is 3. The highest BCUT2D eigenvalue weighted by Crippen LogP contribution is 2.37. The number of carbonyl (C=O) groups excluding carboxylic acids is 2. The van der Waals surface area contributed by atoms with Gasteiger partial charge in [0.05, 0.1) is 11.3 Å². The van der Waals surface area contributed by atoms with Crippen LogP contribution in [0.25, 0.3) is 5.57 Å². The van der Waals surface area contributed by atoms with Gasteiger partial charge < -0.3 is 9.64 Å². The molecule has 0 spiro atoms. The van der Waals surface area contributed by atoms with E-state index in [-0.39, 0.29) is 17.0 Å². The summed E-state index contributed by atoms with van der Waals surface area (Å²) in [6.07, 6.45) is -4.87. The van der Waals surface area contributed by atoms with E-state index in [2.05, 4.69) is 4.74 Å². The van der Waals surface area contributed by atoms with Crippen LogP contribution in [0.2, 0.25) is 0 Å². The van der Waals surface area contributed by atoms with Gasteiger partial charge in [-0.3, -0.25) is 9.59 Å². The van der Waals surface area contributed by atoms with Crippen molar-refractivity contribution in [1.29, 1.82) is 0 Å². The smallest absolute Gasteiger partial charge is 0.406 e. The van der Waals surface area contributed by atoms with Crippen molar-refractivity contribution in [3.05, 3.63) is 95.9 Å². The topological polar surface area (TPSA) is 49.9 Å². The summed E-state index contributed by atoms with van der Waals surface area (Å²) in [5.74, 6) is -2.35. The summed E-state index contributed by atoms with van der Waals surface area (Å²) in [5.41, 5.74) is 1.11. The zero-order chi connectivity index (χ0) is 23.8. The average molecular weight is 456 g/mol. The van der Waals surface area contributed by atoms with Gasteiger partial charge in [0.25, 0.3) is 11.8 Å². The molecule has 0 unspecified atom stereocenters. The Kier molecular flexibility index (Phi) is 5.63. The molecule has 0 fully saturated rings. The third-order valence-electron chi connectivity index (χ3n) is 5.00. The first-order valence-corrected chi connectivity index (χ1v) is 9.69.